The first-order valence-electron chi connectivity index (χ1n) is 10.1. The lowest BCUT2D eigenvalue weighted by atomic mass is 9.96. The van der Waals surface area contributed by atoms with Crippen LogP contribution in [-0.2, 0) is 4.43 Å². The van der Waals surface area contributed by atoms with Gasteiger partial charge in [-0.3, -0.25) is 0 Å². The molecule has 3 heteroatoms. The topological polar surface area (TPSA) is 29.5 Å². The number of rotatable bonds is 6. The summed E-state index contributed by atoms with van der Waals surface area (Å²) in [4.78, 5) is 0. The van der Waals surface area contributed by atoms with E-state index in [2.05, 4.69) is 81.4 Å². The van der Waals surface area contributed by atoms with Crippen LogP contribution in [0.1, 0.15) is 46.5 Å². The predicted octanol–water partition coefficient (Wildman–Crippen LogP) is 4.42. The van der Waals surface area contributed by atoms with Crippen LogP contribution in [0.3, 0.4) is 0 Å². The van der Waals surface area contributed by atoms with Crippen molar-refractivity contribution in [3.05, 3.63) is 72.3 Å². The zero-order valence-corrected chi connectivity index (χ0v) is 17.8. The Morgan fingerprint density at radius 3 is 2.00 bits per heavy atom. The molecule has 2 aromatic carbocycles. The van der Waals surface area contributed by atoms with Crippen molar-refractivity contribution in [3.63, 3.8) is 0 Å². The van der Waals surface area contributed by atoms with Crippen molar-refractivity contribution in [2.45, 2.75) is 57.6 Å². The van der Waals surface area contributed by atoms with E-state index in [4.69, 9.17) is 4.43 Å². The second-order valence-corrected chi connectivity index (χ2v) is 12.9. The van der Waals surface area contributed by atoms with Gasteiger partial charge in [-0.2, -0.15) is 0 Å². The fourth-order valence-corrected chi connectivity index (χ4v) is 8.85. The van der Waals surface area contributed by atoms with Crippen LogP contribution in [0.15, 0.2) is 72.3 Å². The van der Waals surface area contributed by atoms with Crippen LogP contribution in [0, 0.1) is 0 Å². The van der Waals surface area contributed by atoms with Crippen molar-refractivity contribution in [2.75, 3.05) is 6.61 Å². The quantitative estimate of drug-likeness (QED) is 0.594. The first-order valence-corrected chi connectivity index (χ1v) is 12.0. The van der Waals surface area contributed by atoms with Gasteiger partial charge in [0, 0.05) is 6.61 Å². The molecule has 0 heterocycles. The van der Waals surface area contributed by atoms with Crippen LogP contribution in [0.4, 0.5) is 0 Å². The number of aliphatic hydroxyl groups is 1. The lowest BCUT2D eigenvalue weighted by molar-refractivity contribution is 0.200. The zero-order chi connectivity index (χ0) is 19.3. The van der Waals surface area contributed by atoms with Crippen LogP contribution < -0.4 is 10.4 Å². The molecule has 27 heavy (non-hydrogen) atoms. The molecule has 0 amide bonds. The highest BCUT2D eigenvalue weighted by molar-refractivity contribution is 6.99. The van der Waals surface area contributed by atoms with Gasteiger partial charge in [-0.1, -0.05) is 93.1 Å². The van der Waals surface area contributed by atoms with E-state index in [9.17, 15) is 5.11 Å². The van der Waals surface area contributed by atoms with E-state index in [1.54, 1.807) is 0 Å². The van der Waals surface area contributed by atoms with Crippen molar-refractivity contribution in [2.24, 2.45) is 0 Å². The van der Waals surface area contributed by atoms with Gasteiger partial charge in [0.05, 0.1) is 6.10 Å². The molecule has 0 saturated heterocycles. The molecule has 1 N–H and O–H groups in total. The molecule has 0 saturated carbocycles. The lowest BCUT2D eigenvalue weighted by Gasteiger charge is -2.43. The highest BCUT2D eigenvalue weighted by atomic mass is 28.4. The molecule has 3 rings (SSSR count). The summed E-state index contributed by atoms with van der Waals surface area (Å²) in [5, 5.41) is 12.6. The van der Waals surface area contributed by atoms with Crippen LogP contribution in [-0.4, -0.2) is 26.1 Å². The molecule has 0 fully saturated rings. The summed E-state index contributed by atoms with van der Waals surface area (Å²) in [6.07, 6.45) is 5.72. The van der Waals surface area contributed by atoms with E-state index in [0.29, 0.717) is 6.61 Å². The van der Waals surface area contributed by atoms with Crippen LogP contribution in [0.25, 0.3) is 0 Å². The third-order valence-electron chi connectivity index (χ3n) is 5.58. The Kier molecular flexibility index (Phi) is 6.35. The summed E-state index contributed by atoms with van der Waals surface area (Å²) in [5.41, 5.74) is 1.34. The number of hydrogen-bond acceptors (Lipinski definition) is 2. The van der Waals surface area contributed by atoms with Crippen LogP contribution in [0.2, 0.25) is 5.04 Å². The molecule has 1 atom stereocenters. The van der Waals surface area contributed by atoms with E-state index >= 15 is 0 Å². The van der Waals surface area contributed by atoms with Crippen LogP contribution >= 0.6 is 0 Å². The number of hydrogen-bond donors (Lipinski definition) is 1. The molecule has 0 spiro atoms. The van der Waals surface area contributed by atoms with Gasteiger partial charge < -0.3 is 9.53 Å². The van der Waals surface area contributed by atoms with Crippen LogP contribution in [0.5, 0.6) is 0 Å². The van der Waals surface area contributed by atoms with E-state index < -0.39 is 8.32 Å². The van der Waals surface area contributed by atoms with E-state index in [-0.39, 0.29) is 11.1 Å². The first kappa shape index (κ1) is 20.1. The largest absolute Gasteiger partial charge is 0.407 e. The van der Waals surface area contributed by atoms with Gasteiger partial charge in [-0.15, -0.1) is 0 Å². The van der Waals surface area contributed by atoms with Crippen molar-refractivity contribution in [3.8, 4) is 0 Å². The maximum absolute atomic E-state index is 9.92. The molecule has 1 aliphatic rings. The zero-order valence-electron chi connectivity index (χ0n) is 16.8. The molecule has 0 aliphatic heterocycles. The Labute approximate surface area is 165 Å². The van der Waals surface area contributed by atoms with E-state index in [0.717, 1.165) is 25.7 Å². The van der Waals surface area contributed by atoms with Gasteiger partial charge >= 0.3 is 0 Å². The summed E-state index contributed by atoms with van der Waals surface area (Å²) in [6.45, 7) is 7.63. The molecule has 1 unspecified atom stereocenters. The summed E-state index contributed by atoms with van der Waals surface area (Å²) >= 11 is 0. The standard InChI is InChI=1S/C24H32O2Si/c1-24(2,3)27(22-13-6-4-7-14-22,23-15-8-5-9-16-23)26-18-17-20-11-10-12-21(25)19-20/h4-9,13-16,19,21,25H,10-12,17-18H2,1-3H3. The third kappa shape index (κ3) is 4.42. The second-order valence-electron chi connectivity index (χ2n) is 8.55. The first-order chi connectivity index (χ1) is 12.9. The Hall–Kier alpha value is -1.68. The van der Waals surface area contributed by atoms with E-state index in [1.165, 1.54) is 15.9 Å². The molecular formula is C24H32O2Si. The highest BCUT2D eigenvalue weighted by Crippen LogP contribution is 2.37. The van der Waals surface area contributed by atoms with Crippen molar-refractivity contribution in [1.29, 1.82) is 0 Å². The lowest BCUT2D eigenvalue weighted by Crippen LogP contribution is -2.66. The summed E-state index contributed by atoms with van der Waals surface area (Å²) in [6, 6.07) is 21.5. The Morgan fingerprint density at radius 1 is 0.963 bits per heavy atom. The Balaban J connectivity index is 1.94. The van der Waals surface area contributed by atoms with Gasteiger partial charge in [0.2, 0.25) is 0 Å². The molecule has 2 aromatic rings. The van der Waals surface area contributed by atoms with Gasteiger partial charge in [0.1, 0.15) is 0 Å². The molecule has 0 radical (unpaired) electrons. The molecule has 2 nitrogen and oxygen atoms in total. The Bertz CT molecular complexity index is 707. The average Bonchev–Trinajstić information content (AvgIpc) is 2.66. The fraction of sp³-hybridized carbons (Fsp3) is 0.417. The molecule has 0 bridgehead atoms. The van der Waals surface area contributed by atoms with Gasteiger partial charge in [0.15, 0.2) is 0 Å². The maximum Gasteiger partial charge on any atom is 0.261 e. The van der Waals surface area contributed by atoms with Crippen molar-refractivity contribution >= 4 is 18.7 Å². The Morgan fingerprint density at radius 2 is 1.52 bits per heavy atom. The molecule has 1 aliphatic carbocycles. The summed E-state index contributed by atoms with van der Waals surface area (Å²) < 4.78 is 6.92. The van der Waals surface area contributed by atoms with Gasteiger partial charge in [-0.25, -0.2) is 0 Å². The fourth-order valence-electron chi connectivity index (χ4n) is 4.28. The normalized spacial score (nSPS) is 18.2. The summed E-state index contributed by atoms with van der Waals surface area (Å²) in [7, 11) is -2.44. The molecular weight excluding hydrogens is 348 g/mol. The monoisotopic (exact) mass is 380 g/mol. The third-order valence-corrected chi connectivity index (χ3v) is 10.6. The minimum Gasteiger partial charge on any atom is -0.407 e. The molecule has 0 aromatic heterocycles. The summed E-state index contributed by atoms with van der Waals surface area (Å²) in [5.74, 6) is 0. The second kappa shape index (κ2) is 8.55. The smallest absolute Gasteiger partial charge is 0.261 e. The maximum atomic E-state index is 9.92. The van der Waals surface area contributed by atoms with Crippen molar-refractivity contribution in [1.82, 2.24) is 0 Å². The van der Waals surface area contributed by atoms with Crippen molar-refractivity contribution < 1.29 is 9.53 Å². The SMILES string of the molecule is CC(C)(C)[Si](OCCC1=CC(O)CCC1)(c1ccccc1)c1ccccc1. The predicted molar refractivity (Wildman–Crippen MR) is 116 cm³/mol. The average molecular weight is 381 g/mol. The number of aliphatic hydroxyl groups excluding tert-OH is 1. The minimum absolute atomic E-state index is 0.0101. The highest BCUT2D eigenvalue weighted by Gasteiger charge is 2.49. The van der Waals surface area contributed by atoms with Gasteiger partial charge in [0.25, 0.3) is 8.32 Å². The number of benzene rings is 2. The van der Waals surface area contributed by atoms with E-state index in [1.807, 2.05) is 6.08 Å². The molecule has 144 valence electrons. The minimum atomic E-state index is -2.44. The van der Waals surface area contributed by atoms with Gasteiger partial charge in [-0.05, 0) is 41.1 Å².